The molecule has 2 rings (SSSR count). The Labute approximate surface area is 104 Å². The first-order valence-electron chi connectivity index (χ1n) is 4.03. The SMILES string of the molecule is N#Cc1c(Cl)nsc1-c1ccc(Br)cc1. The maximum atomic E-state index is 8.93. The lowest BCUT2D eigenvalue weighted by Crippen LogP contribution is -1.77. The summed E-state index contributed by atoms with van der Waals surface area (Å²) in [5, 5.41) is 9.21. The molecule has 2 aromatic rings. The second-order valence-electron chi connectivity index (χ2n) is 2.80. The summed E-state index contributed by atoms with van der Waals surface area (Å²) < 4.78 is 4.96. The summed E-state index contributed by atoms with van der Waals surface area (Å²) in [5.41, 5.74) is 1.41. The van der Waals surface area contributed by atoms with E-state index in [1.165, 1.54) is 11.5 Å². The average Bonchev–Trinajstić information content (AvgIpc) is 2.61. The van der Waals surface area contributed by atoms with Crippen LogP contribution >= 0.6 is 39.1 Å². The summed E-state index contributed by atoms with van der Waals surface area (Å²) in [4.78, 5) is 0.815. The van der Waals surface area contributed by atoms with Gasteiger partial charge in [0.05, 0.1) is 4.88 Å². The summed E-state index contributed by atoms with van der Waals surface area (Å²) >= 11 is 10.4. The highest BCUT2D eigenvalue weighted by Crippen LogP contribution is 2.32. The highest BCUT2D eigenvalue weighted by molar-refractivity contribution is 9.10. The van der Waals surface area contributed by atoms with Crippen molar-refractivity contribution in [1.82, 2.24) is 4.37 Å². The Morgan fingerprint density at radius 1 is 1.33 bits per heavy atom. The van der Waals surface area contributed by atoms with Gasteiger partial charge in [-0.1, -0.05) is 39.7 Å². The molecule has 0 amide bonds. The Kier molecular flexibility index (Phi) is 3.06. The molecule has 0 unspecified atom stereocenters. The topological polar surface area (TPSA) is 36.7 Å². The minimum Gasteiger partial charge on any atom is -0.192 e. The van der Waals surface area contributed by atoms with Gasteiger partial charge in [0.1, 0.15) is 11.6 Å². The second-order valence-corrected chi connectivity index (χ2v) is 4.84. The smallest absolute Gasteiger partial charge is 0.161 e. The molecule has 0 N–H and O–H groups in total. The molecule has 2 nitrogen and oxygen atoms in total. The van der Waals surface area contributed by atoms with E-state index in [1.54, 1.807) is 0 Å². The summed E-state index contributed by atoms with van der Waals surface area (Å²) in [7, 11) is 0. The van der Waals surface area contributed by atoms with Gasteiger partial charge in [-0.25, -0.2) is 0 Å². The van der Waals surface area contributed by atoms with E-state index < -0.39 is 0 Å². The van der Waals surface area contributed by atoms with E-state index in [2.05, 4.69) is 26.4 Å². The van der Waals surface area contributed by atoms with Crippen molar-refractivity contribution in [2.24, 2.45) is 0 Å². The molecule has 0 aliphatic carbocycles. The fourth-order valence-electron chi connectivity index (χ4n) is 1.17. The van der Waals surface area contributed by atoms with Gasteiger partial charge >= 0.3 is 0 Å². The van der Waals surface area contributed by atoms with Gasteiger partial charge in [0, 0.05) is 4.47 Å². The number of hydrogen-bond acceptors (Lipinski definition) is 3. The Morgan fingerprint density at radius 3 is 2.60 bits per heavy atom. The first-order chi connectivity index (χ1) is 7.22. The van der Waals surface area contributed by atoms with Crippen LogP contribution in [0.5, 0.6) is 0 Å². The Hall–Kier alpha value is -0.890. The molecule has 0 fully saturated rings. The minimum atomic E-state index is 0.278. The molecule has 0 bridgehead atoms. The van der Waals surface area contributed by atoms with Crippen LogP contribution in [-0.4, -0.2) is 4.37 Å². The van der Waals surface area contributed by atoms with Crippen molar-refractivity contribution in [1.29, 1.82) is 5.26 Å². The summed E-state index contributed by atoms with van der Waals surface area (Å²) in [6.07, 6.45) is 0. The van der Waals surface area contributed by atoms with Crippen LogP contribution in [0.2, 0.25) is 5.15 Å². The van der Waals surface area contributed by atoms with E-state index >= 15 is 0 Å². The van der Waals surface area contributed by atoms with Gasteiger partial charge in [-0.3, -0.25) is 0 Å². The van der Waals surface area contributed by atoms with Gasteiger partial charge in [0.15, 0.2) is 5.15 Å². The van der Waals surface area contributed by atoms with Gasteiger partial charge in [0.2, 0.25) is 0 Å². The molecule has 0 spiro atoms. The fraction of sp³-hybridized carbons (Fsp3) is 0. The van der Waals surface area contributed by atoms with Crippen LogP contribution < -0.4 is 0 Å². The summed E-state index contributed by atoms with van der Waals surface area (Å²) in [6.45, 7) is 0. The molecule has 0 aliphatic heterocycles. The van der Waals surface area contributed by atoms with Crippen molar-refractivity contribution in [3.8, 4) is 16.5 Å². The largest absolute Gasteiger partial charge is 0.192 e. The number of hydrogen-bond donors (Lipinski definition) is 0. The number of nitrogens with zero attached hydrogens (tertiary/aromatic N) is 2. The number of halogens is 2. The minimum absolute atomic E-state index is 0.278. The molecular formula is C10H4BrClN2S. The highest BCUT2D eigenvalue weighted by atomic mass is 79.9. The van der Waals surface area contributed by atoms with E-state index in [0.29, 0.717) is 5.56 Å². The highest BCUT2D eigenvalue weighted by Gasteiger charge is 2.12. The molecule has 1 aromatic heterocycles. The predicted molar refractivity (Wildman–Crippen MR) is 65.0 cm³/mol. The molecule has 74 valence electrons. The zero-order valence-electron chi connectivity index (χ0n) is 7.37. The van der Waals surface area contributed by atoms with E-state index in [4.69, 9.17) is 16.9 Å². The van der Waals surface area contributed by atoms with Crippen molar-refractivity contribution < 1.29 is 0 Å². The molecule has 0 atom stereocenters. The quantitative estimate of drug-likeness (QED) is 0.795. The maximum Gasteiger partial charge on any atom is 0.161 e. The van der Waals surface area contributed by atoms with E-state index in [0.717, 1.165) is 14.9 Å². The first kappa shape index (κ1) is 10.6. The third kappa shape index (κ3) is 2.05. The van der Waals surface area contributed by atoms with Crippen molar-refractivity contribution in [2.45, 2.75) is 0 Å². The van der Waals surface area contributed by atoms with Crippen LogP contribution in [0.1, 0.15) is 5.56 Å². The third-order valence-corrected chi connectivity index (χ3v) is 3.67. The van der Waals surface area contributed by atoms with Gasteiger partial charge < -0.3 is 0 Å². The number of aromatic nitrogens is 1. The molecule has 0 radical (unpaired) electrons. The maximum absolute atomic E-state index is 8.93. The van der Waals surface area contributed by atoms with Crippen LogP contribution in [0.25, 0.3) is 10.4 Å². The van der Waals surface area contributed by atoms with Gasteiger partial charge in [-0.05, 0) is 29.2 Å². The molecular weight excluding hydrogens is 296 g/mol. The molecule has 0 saturated heterocycles. The Morgan fingerprint density at radius 2 is 2.00 bits per heavy atom. The van der Waals surface area contributed by atoms with Crippen molar-refractivity contribution in [2.75, 3.05) is 0 Å². The monoisotopic (exact) mass is 298 g/mol. The molecule has 15 heavy (non-hydrogen) atoms. The van der Waals surface area contributed by atoms with E-state index in [-0.39, 0.29) is 5.15 Å². The lowest BCUT2D eigenvalue weighted by molar-refractivity contribution is 1.47. The molecule has 0 saturated carbocycles. The number of benzene rings is 1. The lowest BCUT2D eigenvalue weighted by atomic mass is 10.1. The first-order valence-corrected chi connectivity index (χ1v) is 5.98. The Balaban J connectivity index is 2.55. The zero-order valence-corrected chi connectivity index (χ0v) is 10.5. The summed E-state index contributed by atoms with van der Waals surface area (Å²) in [5.74, 6) is 0. The van der Waals surface area contributed by atoms with Gasteiger partial charge in [-0.15, -0.1) is 0 Å². The van der Waals surface area contributed by atoms with Crippen LogP contribution in [0, 0.1) is 11.3 Å². The van der Waals surface area contributed by atoms with Crippen LogP contribution in [0.15, 0.2) is 28.7 Å². The Bertz CT molecular complexity index is 527. The number of nitriles is 1. The molecule has 0 aliphatic rings. The lowest BCUT2D eigenvalue weighted by Gasteiger charge is -1.97. The predicted octanol–water partition coefficient (Wildman–Crippen LogP) is 4.10. The van der Waals surface area contributed by atoms with Crippen molar-refractivity contribution in [3.63, 3.8) is 0 Å². The summed E-state index contributed by atoms with van der Waals surface area (Å²) in [6, 6.07) is 9.75. The van der Waals surface area contributed by atoms with E-state index in [9.17, 15) is 0 Å². The van der Waals surface area contributed by atoms with Crippen molar-refractivity contribution >= 4 is 39.1 Å². The third-order valence-electron chi connectivity index (χ3n) is 1.87. The van der Waals surface area contributed by atoms with Gasteiger partial charge in [0.25, 0.3) is 0 Å². The average molecular weight is 300 g/mol. The standard InChI is InChI=1S/C10H4BrClN2S/c11-7-3-1-6(2-4-7)9-8(5-13)10(12)14-15-9/h1-4H. The molecule has 1 heterocycles. The van der Waals surface area contributed by atoms with Gasteiger partial charge in [-0.2, -0.15) is 9.64 Å². The molecule has 5 heteroatoms. The van der Waals surface area contributed by atoms with Crippen molar-refractivity contribution in [3.05, 3.63) is 39.5 Å². The fourth-order valence-corrected chi connectivity index (χ4v) is 2.46. The van der Waals surface area contributed by atoms with E-state index in [1.807, 2.05) is 24.3 Å². The molecule has 1 aromatic carbocycles. The number of rotatable bonds is 1. The van der Waals surface area contributed by atoms with Crippen LogP contribution in [0.3, 0.4) is 0 Å². The second kappa shape index (κ2) is 4.31. The normalized spacial score (nSPS) is 9.93. The van der Waals surface area contributed by atoms with Crippen LogP contribution in [0.4, 0.5) is 0 Å². The zero-order chi connectivity index (χ0) is 10.8. The van der Waals surface area contributed by atoms with Crippen LogP contribution in [-0.2, 0) is 0 Å².